The number of Topliss-reactive ketones (excluding diaryl/α,β-unsaturated/α-hetero) is 1. The average molecular weight is 399 g/mol. The molecule has 1 amide bonds. The average Bonchev–Trinajstić information content (AvgIpc) is 3.22. The van der Waals surface area contributed by atoms with Crippen molar-refractivity contribution in [2.45, 2.75) is 18.0 Å². The van der Waals surface area contributed by atoms with Gasteiger partial charge in [0.05, 0.1) is 12.5 Å². The largest absolute Gasteiger partial charge is 0.468 e. The maximum atomic E-state index is 13.2. The quantitative estimate of drug-likeness (QED) is 0.610. The summed E-state index contributed by atoms with van der Waals surface area (Å²) in [6.07, 6.45) is 0. The van der Waals surface area contributed by atoms with Crippen molar-refractivity contribution in [2.24, 2.45) is 5.41 Å². The lowest BCUT2D eigenvalue weighted by molar-refractivity contribution is -0.144. The molecular formula is C21H19ClN2O4. The standard InChI is InChI=1S/C21H19ClN2O4/c1-28-20(27)16-15(12-5-3-2-4-6-12)21(11-23-19(26)18(21)25)17(24-16)13-7-9-14(22)10-8-13/h2-10,15-17,24H,11H2,1H3,(H,23,26)/t15-,16+,17-,21+/m1/s1. The van der Waals surface area contributed by atoms with Crippen LogP contribution < -0.4 is 10.6 Å². The lowest BCUT2D eigenvalue weighted by atomic mass is 9.65. The number of esters is 1. The summed E-state index contributed by atoms with van der Waals surface area (Å²) in [5.41, 5.74) is 0.429. The molecule has 2 aromatic rings. The first-order valence-electron chi connectivity index (χ1n) is 8.96. The van der Waals surface area contributed by atoms with Gasteiger partial charge in [0.15, 0.2) is 0 Å². The Kier molecular flexibility index (Phi) is 4.69. The SMILES string of the molecule is COC(=O)[C@H]1N[C@H](c2ccc(Cl)cc2)[C@]2(CNC(=O)C2=O)[C@@H]1c1ccccc1. The van der Waals surface area contributed by atoms with Crippen LogP contribution in [0.1, 0.15) is 23.1 Å². The van der Waals surface area contributed by atoms with Crippen LogP contribution in [-0.4, -0.2) is 37.4 Å². The Morgan fingerprint density at radius 1 is 1.07 bits per heavy atom. The van der Waals surface area contributed by atoms with Crippen molar-refractivity contribution in [3.8, 4) is 0 Å². The molecular weight excluding hydrogens is 380 g/mol. The van der Waals surface area contributed by atoms with E-state index in [1.54, 1.807) is 24.3 Å². The van der Waals surface area contributed by atoms with Gasteiger partial charge in [-0.15, -0.1) is 0 Å². The predicted octanol–water partition coefficient (Wildman–Crippen LogP) is 1.99. The number of halogens is 1. The Labute approximate surface area is 167 Å². The topological polar surface area (TPSA) is 84.5 Å². The van der Waals surface area contributed by atoms with Gasteiger partial charge in [0.1, 0.15) is 6.04 Å². The summed E-state index contributed by atoms with van der Waals surface area (Å²) in [6.45, 7) is 0.137. The highest BCUT2D eigenvalue weighted by atomic mass is 35.5. The number of hydrogen-bond donors (Lipinski definition) is 2. The van der Waals surface area contributed by atoms with Gasteiger partial charge in [-0.3, -0.25) is 19.7 Å². The molecule has 0 radical (unpaired) electrons. The molecule has 0 aromatic heterocycles. The Hall–Kier alpha value is -2.70. The molecule has 7 heteroatoms. The van der Waals surface area contributed by atoms with Gasteiger partial charge in [0.25, 0.3) is 5.91 Å². The monoisotopic (exact) mass is 398 g/mol. The normalized spacial score (nSPS) is 29.1. The zero-order chi connectivity index (χ0) is 19.9. The van der Waals surface area contributed by atoms with Crippen LogP contribution in [0.15, 0.2) is 54.6 Å². The minimum atomic E-state index is -1.15. The second-order valence-corrected chi connectivity index (χ2v) is 7.53. The Morgan fingerprint density at radius 3 is 2.32 bits per heavy atom. The van der Waals surface area contributed by atoms with E-state index >= 15 is 0 Å². The molecule has 0 aliphatic carbocycles. The highest BCUT2D eigenvalue weighted by Gasteiger charge is 2.66. The maximum absolute atomic E-state index is 13.2. The number of nitrogens with one attached hydrogen (secondary N) is 2. The van der Waals surface area contributed by atoms with Crippen LogP contribution in [0.5, 0.6) is 0 Å². The summed E-state index contributed by atoms with van der Waals surface area (Å²) in [7, 11) is 1.31. The fourth-order valence-electron chi connectivity index (χ4n) is 4.51. The number of ketones is 1. The van der Waals surface area contributed by atoms with E-state index in [1.165, 1.54) is 7.11 Å². The van der Waals surface area contributed by atoms with Crippen molar-refractivity contribution >= 4 is 29.3 Å². The van der Waals surface area contributed by atoms with Gasteiger partial charge in [-0.25, -0.2) is 0 Å². The van der Waals surface area contributed by atoms with Gasteiger partial charge in [-0.2, -0.15) is 0 Å². The van der Waals surface area contributed by atoms with Crippen LogP contribution >= 0.6 is 11.6 Å². The Bertz CT molecular complexity index is 931. The van der Waals surface area contributed by atoms with Gasteiger partial charge in [0.2, 0.25) is 5.78 Å². The van der Waals surface area contributed by atoms with E-state index in [2.05, 4.69) is 10.6 Å². The summed E-state index contributed by atoms with van der Waals surface area (Å²) in [4.78, 5) is 38.1. The molecule has 2 fully saturated rings. The van der Waals surface area contributed by atoms with Crippen LogP contribution in [0, 0.1) is 5.41 Å². The van der Waals surface area contributed by atoms with E-state index in [1.807, 2.05) is 30.3 Å². The first-order valence-corrected chi connectivity index (χ1v) is 9.33. The number of carbonyl (C=O) groups excluding carboxylic acids is 3. The third-order valence-corrected chi connectivity index (χ3v) is 5.99. The fourth-order valence-corrected chi connectivity index (χ4v) is 4.64. The second-order valence-electron chi connectivity index (χ2n) is 7.09. The predicted molar refractivity (Wildman–Crippen MR) is 103 cm³/mol. The molecule has 0 unspecified atom stereocenters. The van der Waals surface area contributed by atoms with Crippen LogP contribution in [0.3, 0.4) is 0 Å². The highest BCUT2D eigenvalue weighted by molar-refractivity contribution is 6.41. The summed E-state index contributed by atoms with van der Waals surface area (Å²) in [5.74, 6) is -2.20. The molecule has 2 aromatic carbocycles. The summed E-state index contributed by atoms with van der Waals surface area (Å²) >= 11 is 6.02. The van der Waals surface area contributed by atoms with Gasteiger partial charge in [-0.1, -0.05) is 54.1 Å². The molecule has 2 heterocycles. The molecule has 1 spiro atoms. The summed E-state index contributed by atoms with van der Waals surface area (Å²) in [5, 5.41) is 6.52. The molecule has 6 nitrogen and oxygen atoms in total. The van der Waals surface area contributed by atoms with Crippen LogP contribution in [-0.2, 0) is 19.1 Å². The molecule has 144 valence electrons. The van der Waals surface area contributed by atoms with Gasteiger partial charge in [-0.05, 0) is 23.3 Å². The minimum absolute atomic E-state index is 0.137. The molecule has 2 aliphatic rings. The summed E-state index contributed by atoms with van der Waals surface area (Å²) < 4.78 is 5.01. The molecule has 4 rings (SSSR count). The highest BCUT2D eigenvalue weighted by Crippen LogP contribution is 2.55. The molecule has 0 bridgehead atoms. The van der Waals surface area contributed by atoms with Crippen LogP contribution in [0.25, 0.3) is 0 Å². The molecule has 4 atom stereocenters. The first kappa shape index (κ1) is 18.7. The molecule has 28 heavy (non-hydrogen) atoms. The third kappa shape index (κ3) is 2.72. The van der Waals surface area contributed by atoms with E-state index in [4.69, 9.17) is 16.3 Å². The zero-order valence-corrected chi connectivity index (χ0v) is 15.9. The van der Waals surface area contributed by atoms with Crippen LogP contribution in [0.4, 0.5) is 0 Å². The van der Waals surface area contributed by atoms with Crippen molar-refractivity contribution in [1.82, 2.24) is 10.6 Å². The van der Waals surface area contributed by atoms with Crippen molar-refractivity contribution < 1.29 is 19.1 Å². The number of benzene rings is 2. The van der Waals surface area contributed by atoms with E-state index < -0.39 is 41.1 Å². The number of methoxy groups -OCH3 is 1. The number of rotatable bonds is 3. The molecule has 2 N–H and O–H groups in total. The lowest BCUT2D eigenvalue weighted by Crippen LogP contribution is -2.41. The van der Waals surface area contributed by atoms with Gasteiger partial charge in [0, 0.05) is 23.5 Å². The number of hydrogen-bond acceptors (Lipinski definition) is 5. The van der Waals surface area contributed by atoms with Crippen molar-refractivity contribution in [3.05, 3.63) is 70.7 Å². The molecule has 0 saturated carbocycles. The lowest BCUT2D eigenvalue weighted by Gasteiger charge is -2.33. The van der Waals surface area contributed by atoms with Gasteiger partial charge >= 0.3 is 5.97 Å². The molecule has 2 aliphatic heterocycles. The number of carbonyl (C=O) groups is 3. The van der Waals surface area contributed by atoms with Crippen molar-refractivity contribution in [1.29, 1.82) is 0 Å². The Balaban J connectivity index is 1.92. The van der Waals surface area contributed by atoms with E-state index in [-0.39, 0.29) is 6.54 Å². The van der Waals surface area contributed by atoms with E-state index in [9.17, 15) is 14.4 Å². The first-order chi connectivity index (χ1) is 13.5. The molecule has 2 saturated heterocycles. The summed E-state index contributed by atoms with van der Waals surface area (Å²) in [6, 6.07) is 15.0. The number of ether oxygens (including phenoxy) is 1. The van der Waals surface area contributed by atoms with Gasteiger partial charge < -0.3 is 10.1 Å². The fraction of sp³-hybridized carbons (Fsp3) is 0.286. The zero-order valence-electron chi connectivity index (χ0n) is 15.1. The van der Waals surface area contributed by atoms with Crippen molar-refractivity contribution in [2.75, 3.05) is 13.7 Å². The van der Waals surface area contributed by atoms with E-state index in [0.29, 0.717) is 5.02 Å². The second kappa shape index (κ2) is 7.04. The van der Waals surface area contributed by atoms with Crippen molar-refractivity contribution in [3.63, 3.8) is 0 Å². The van der Waals surface area contributed by atoms with Crippen LogP contribution in [0.2, 0.25) is 5.02 Å². The van der Waals surface area contributed by atoms with E-state index in [0.717, 1.165) is 11.1 Å². The Morgan fingerprint density at radius 2 is 1.75 bits per heavy atom. The maximum Gasteiger partial charge on any atom is 0.323 e. The minimum Gasteiger partial charge on any atom is -0.468 e. The third-order valence-electron chi connectivity index (χ3n) is 5.74. The number of amides is 1. The smallest absolute Gasteiger partial charge is 0.323 e.